The van der Waals surface area contributed by atoms with Gasteiger partial charge in [0, 0.05) is 0 Å². The van der Waals surface area contributed by atoms with Crippen LogP contribution in [0, 0.1) is 5.92 Å². The van der Waals surface area contributed by atoms with Gasteiger partial charge in [-0.25, -0.2) is 0 Å². The third-order valence-electron chi connectivity index (χ3n) is 2.69. The highest BCUT2D eigenvalue weighted by Gasteiger charge is 2.28. The average molecular weight is 201 g/mol. The molecule has 0 aliphatic carbocycles. The van der Waals surface area contributed by atoms with Crippen LogP contribution in [0.5, 0.6) is 0 Å². The second-order valence-electron chi connectivity index (χ2n) is 3.97. The lowest BCUT2D eigenvalue weighted by atomic mass is 9.90. The molecule has 1 aliphatic heterocycles. The second-order valence-corrected chi connectivity index (χ2v) is 5.19. The van der Waals surface area contributed by atoms with Crippen molar-refractivity contribution in [3.63, 3.8) is 0 Å². The van der Waals surface area contributed by atoms with Crippen LogP contribution in [0.1, 0.15) is 19.8 Å². The molecule has 0 aromatic carbocycles. The summed E-state index contributed by atoms with van der Waals surface area (Å²) in [6.07, 6.45) is 2.40. The van der Waals surface area contributed by atoms with Crippen LogP contribution in [0.3, 0.4) is 0 Å². The molecule has 0 aromatic heterocycles. The van der Waals surface area contributed by atoms with Crippen LogP contribution in [-0.4, -0.2) is 42.3 Å². The molecule has 1 aliphatic rings. The first-order valence-corrected chi connectivity index (χ1v) is 6.03. The Morgan fingerprint density at radius 3 is 2.31 bits per heavy atom. The molecular formula is C10H19NOS. The van der Waals surface area contributed by atoms with Gasteiger partial charge in [0.1, 0.15) is 5.78 Å². The van der Waals surface area contributed by atoms with Gasteiger partial charge in [-0.05, 0) is 51.3 Å². The fraction of sp³-hybridized carbons (Fsp3) is 0.900. The van der Waals surface area contributed by atoms with Crippen molar-refractivity contribution in [2.24, 2.45) is 5.92 Å². The minimum Gasteiger partial charge on any atom is -0.300 e. The van der Waals surface area contributed by atoms with E-state index in [0.717, 1.165) is 0 Å². The molecule has 0 spiro atoms. The van der Waals surface area contributed by atoms with E-state index in [2.05, 4.69) is 4.90 Å². The molecular weight excluding hydrogens is 182 g/mol. The number of thioether (sulfide) groups is 1. The number of carbonyl (C=O) groups is 1. The molecule has 0 amide bonds. The lowest BCUT2D eigenvalue weighted by molar-refractivity contribution is -0.123. The van der Waals surface area contributed by atoms with Gasteiger partial charge in [-0.3, -0.25) is 9.69 Å². The largest absolute Gasteiger partial charge is 0.300 e. The molecule has 1 saturated heterocycles. The molecule has 0 saturated carbocycles. The fourth-order valence-corrected chi connectivity index (χ4v) is 3.29. The first kappa shape index (κ1) is 11.1. The van der Waals surface area contributed by atoms with Crippen LogP contribution in [0.2, 0.25) is 0 Å². The number of hydrogen-bond donors (Lipinski definition) is 0. The first-order valence-electron chi connectivity index (χ1n) is 4.87. The highest BCUT2D eigenvalue weighted by atomic mass is 32.2. The van der Waals surface area contributed by atoms with Gasteiger partial charge in [0.05, 0.1) is 6.04 Å². The van der Waals surface area contributed by atoms with E-state index < -0.39 is 0 Å². The van der Waals surface area contributed by atoms with Crippen molar-refractivity contribution in [2.45, 2.75) is 25.8 Å². The zero-order valence-corrected chi connectivity index (χ0v) is 9.56. The summed E-state index contributed by atoms with van der Waals surface area (Å²) in [5, 5.41) is 0. The Balaban J connectivity index is 2.57. The minimum atomic E-state index is 0.154. The summed E-state index contributed by atoms with van der Waals surface area (Å²) in [6.45, 7) is 1.71. The van der Waals surface area contributed by atoms with Gasteiger partial charge in [0.25, 0.3) is 0 Å². The Morgan fingerprint density at radius 1 is 1.38 bits per heavy atom. The van der Waals surface area contributed by atoms with Crippen molar-refractivity contribution in [1.82, 2.24) is 4.90 Å². The Morgan fingerprint density at radius 2 is 1.92 bits per heavy atom. The topological polar surface area (TPSA) is 20.3 Å². The van der Waals surface area contributed by atoms with Crippen LogP contribution >= 0.6 is 11.8 Å². The van der Waals surface area contributed by atoms with Crippen molar-refractivity contribution >= 4 is 17.5 Å². The van der Waals surface area contributed by atoms with Gasteiger partial charge in [-0.15, -0.1) is 0 Å². The Kier molecular flexibility index (Phi) is 4.26. The van der Waals surface area contributed by atoms with Crippen molar-refractivity contribution in [3.8, 4) is 0 Å². The molecule has 1 unspecified atom stereocenters. The first-order chi connectivity index (χ1) is 6.13. The highest BCUT2D eigenvalue weighted by molar-refractivity contribution is 7.99. The summed E-state index contributed by atoms with van der Waals surface area (Å²) >= 11 is 2.01. The molecule has 3 heteroatoms. The summed E-state index contributed by atoms with van der Waals surface area (Å²) in [6, 6.07) is 0.154. The van der Waals surface area contributed by atoms with Gasteiger partial charge in [-0.1, -0.05) is 0 Å². The maximum Gasteiger partial charge on any atom is 0.147 e. The summed E-state index contributed by atoms with van der Waals surface area (Å²) in [7, 11) is 4.02. The zero-order chi connectivity index (χ0) is 9.84. The molecule has 0 bridgehead atoms. The van der Waals surface area contributed by atoms with Gasteiger partial charge >= 0.3 is 0 Å². The van der Waals surface area contributed by atoms with E-state index in [9.17, 15) is 4.79 Å². The van der Waals surface area contributed by atoms with Gasteiger partial charge in [0.15, 0.2) is 0 Å². The van der Waals surface area contributed by atoms with Crippen LogP contribution in [0.25, 0.3) is 0 Å². The number of Topliss-reactive ketones (excluding diaryl/α,β-unsaturated/α-hetero) is 1. The lowest BCUT2D eigenvalue weighted by Gasteiger charge is -2.32. The number of carbonyl (C=O) groups excluding carboxylic acids is 1. The Hall–Kier alpha value is -0.0200. The smallest absolute Gasteiger partial charge is 0.147 e. The van der Waals surface area contributed by atoms with E-state index >= 15 is 0 Å². The van der Waals surface area contributed by atoms with E-state index in [1.165, 1.54) is 24.3 Å². The van der Waals surface area contributed by atoms with Crippen LogP contribution in [0.4, 0.5) is 0 Å². The molecule has 2 nitrogen and oxygen atoms in total. The molecule has 0 aromatic rings. The predicted molar refractivity (Wildman–Crippen MR) is 58.2 cm³/mol. The second kappa shape index (κ2) is 5.01. The van der Waals surface area contributed by atoms with Crippen LogP contribution in [0.15, 0.2) is 0 Å². The number of hydrogen-bond acceptors (Lipinski definition) is 3. The summed E-state index contributed by atoms with van der Waals surface area (Å²) in [5.41, 5.74) is 0. The predicted octanol–water partition coefficient (Wildman–Crippen LogP) is 1.65. The third kappa shape index (κ3) is 2.99. The monoisotopic (exact) mass is 201 g/mol. The van der Waals surface area contributed by atoms with Crippen molar-refractivity contribution in [2.75, 3.05) is 25.6 Å². The van der Waals surface area contributed by atoms with E-state index in [0.29, 0.717) is 11.7 Å². The lowest BCUT2D eigenvalue weighted by Crippen LogP contribution is -2.42. The van der Waals surface area contributed by atoms with E-state index in [1.807, 2.05) is 25.9 Å². The molecule has 1 fully saturated rings. The van der Waals surface area contributed by atoms with Gasteiger partial charge in [-0.2, -0.15) is 11.8 Å². The van der Waals surface area contributed by atoms with Crippen molar-refractivity contribution < 1.29 is 4.79 Å². The SMILES string of the molecule is CC(=O)C(C1CCSCC1)N(C)C. The number of nitrogens with zero attached hydrogens (tertiary/aromatic N) is 1. The Bertz CT molecular complexity index is 176. The number of ketones is 1. The molecule has 0 N–H and O–H groups in total. The average Bonchev–Trinajstić information content (AvgIpc) is 2.04. The molecule has 1 rings (SSSR count). The van der Waals surface area contributed by atoms with Crippen LogP contribution in [-0.2, 0) is 4.79 Å². The number of rotatable bonds is 3. The minimum absolute atomic E-state index is 0.154. The zero-order valence-electron chi connectivity index (χ0n) is 8.75. The van der Waals surface area contributed by atoms with E-state index in [4.69, 9.17) is 0 Å². The summed E-state index contributed by atoms with van der Waals surface area (Å²) < 4.78 is 0. The van der Waals surface area contributed by atoms with Crippen molar-refractivity contribution in [1.29, 1.82) is 0 Å². The Labute approximate surface area is 85.1 Å². The van der Waals surface area contributed by atoms with Crippen molar-refractivity contribution in [3.05, 3.63) is 0 Å². The van der Waals surface area contributed by atoms with Gasteiger partial charge in [0.2, 0.25) is 0 Å². The highest BCUT2D eigenvalue weighted by Crippen LogP contribution is 2.27. The molecule has 0 radical (unpaired) electrons. The fourth-order valence-electron chi connectivity index (χ4n) is 2.15. The maximum absolute atomic E-state index is 11.4. The summed E-state index contributed by atoms with van der Waals surface area (Å²) in [5.74, 6) is 3.36. The molecule has 13 heavy (non-hydrogen) atoms. The summed E-state index contributed by atoms with van der Waals surface area (Å²) in [4.78, 5) is 13.5. The quantitative estimate of drug-likeness (QED) is 0.692. The van der Waals surface area contributed by atoms with Gasteiger partial charge < -0.3 is 0 Å². The third-order valence-corrected chi connectivity index (χ3v) is 3.73. The number of likely N-dealkylation sites (N-methyl/N-ethyl adjacent to an activating group) is 1. The molecule has 1 heterocycles. The normalized spacial score (nSPS) is 21.8. The molecule has 76 valence electrons. The van der Waals surface area contributed by atoms with E-state index in [1.54, 1.807) is 6.92 Å². The standard InChI is InChI=1S/C10H19NOS/c1-8(12)10(11(2)3)9-4-6-13-7-5-9/h9-10H,4-7H2,1-3H3. The van der Waals surface area contributed by atoms with E-state index in [-0.39, 0.29) is 6.04 Å². The van der Waals surface area contributed by atoms with Crippen LogP contribution < -0.4 is 0 Å². The molecule has 1 atom stereocenters. The maximum atomic E-state index is 11.4.